The third-order valence-electron chi connectivity index (χ3n) is 3.11. The molecule has 0 fully saturated rings. The van der Waals surface area contributed by atoms with E-state index >= 15 is 0 Å². The topological polar surface area (TPSA) is 73.6 Å². The van der Waals surface area contributed by atoms with Crippen molar-refractivity contribution in [3.05, 3.63) is 29.3 Å². The monoisotopic (exact) mass is 250 g/mol. The molecule has 1 aromatic carbocycles. The SMILES string of the molecule is COc1ccc2c(c1)C(NOCC(N)=O)CCC2. The molecule has 1 aromatic rings. The molecule has 5 nitrogen and oxygen atoms in total. The van der Waals surface area contributed by atoms with Crippen molar-refractivity contribution in [2.24, 2.45) is 5.73 Å². The molecule has 0 radical (unpaired) electrons. The molecule has 18 heavy (non-hydrogen) atoms. The first-order chi connectivity index (χ1) is 8.70. The summed E-state index contributed by atoms with van der Waals surface area (Å²) in [5.74, 6) is 0.349. The van der Waals surface area contributed by atoms with Crippen LogP contribution in [0.15, 0.2) is 18.2 Å². The van der Waals surface area contributed by atoms with E-state index in [0.29, 0.717) is 0 Å². The Bertz CT molecular complexity index is 434. The Labute approximate surface area is 106 Å². The van der Waals surface area contributed by atoms with E-state index in [1.165, 1.54) is 11.1 Å². The minimum atomic E-state index is -0.482. The summed E-state index contributed by atoms with van der Waals surface area (Å²) < 4.78 is 5.23. The number of hydrogen-bond donors (Lipinski definition) is 2. The number of carbonyl (C=O) groups excluding carboxylic acids is 1. The van der Waals surface area contributed by atoms with Gasteiger partial charge in [0.2, 0.25) is 5.91 Å². The zero-order valence-corrected chi connectivity index (χ0v) is 10.4. The van der Waals surface area contributed by atoms with Gasteiger partial charge in [0.1, 0.15) is 12.4 Å². The van der Waals surface area contributed by atoms with Crippen LogP contribution < -0.4 is 16.0 Å². The average Bonchev–Trinajstić information content (AvgIpc) is 2.38. The Morgan fingerprint density at radius 2 is 2.39 bits per heavy atom. The Balaban J connectivity index is 2.08. The highest BCUT2D eigenvalue weighted by Gasteiger charge is 2.20. The third kappa shape index (κ3) is 3.00. The standard InChI is InChI=1S/C13H18N2O3/c1-17-10-6-5-9-3-2-4-12(11(9)7-10)15-18-8-13(14)16/h5-7,12,15H,2-4,8H2,1H3,(H2,14,16). The first-order valence-electron chi connectivity index (χ1n) is 6.03. The molecule has 0 aliphatic heterocycles. The van der Waals surface area contributed by atoms with Gasteiger partial charge in [0, 0.05) is 0 Å². The van der Waals surface area contributed by atoms with E-state index in [1.807, 2.05) is 12.1 Å². The van der Waals surface area contributed by atoms with E-state index in [4.69, 9.17) is 15.3 Å². The van der Waals surface area contributed by atoms with Crippen molar-refractivity contribution in [2.75, 3.05) is 13.7 Å². The summed E-state index contributed by atoms with van der Waals surface area (Å²) in [6, 6.07) is 6.14. The molecule has 2 rings (SSSR count). The van der Waals surface area contributed by atoms with Crippen molar-refractivity contribution in [3.63, 3.8) is 0 Å². The lowest BCUT2D eigenvalue weighted by atomic mass is 9.88. The number of aryl methyl sites for hydroxylation is 1. The largest absolute Gasteiger partial charge is 0.497 e. The van der Waals surface area contributed by atoms with Crippen LogP contribution in [-0.4, -0.2) is 19.6 Å². The molecule has 0 heterocycles. The number of methoxy groups -OCH3 is 1. The molecule has 1 aliphatic carbocycles. The van der Waals surface area contributed by atoms with Gasteiger partial charge in [-0.05, 0) is 42.5 Å². The van der Waals surface area contributed by atoms with Crippen LogP contribution in [-0.2, 0) is 16.1 Å². The summed E-state index contributed by atoms with van der Waals surface area (Å²) in [6.45, 7) is -0.115. The van der Waals surface area contributed by atoms with Gasteiger partial charge in [0.25, 0.3) is 0 Å². The zero-order chi connectivity index (χ0) is 13.0. The second kappa shape index (κ2) is 5.84. The summed E-state index contributed by atoms with van der Waals surface area (Å²) in [4.78, 5) is 15.7. The lowest BCUT2D eigenvalue weighted by Crippen LogP contribution is -2.29. The van der Waals surface area contributed by atoms with Gasteiger partial charge in [-0.3, -0.25) is 9.63 Å². The number of primary amides is 1. The maximum atomic E-state index is 10.6. The molecule has 1 amide bonds. The minimum absolute atomic E-state index is 0.0863. The first-order valence-corrected chi connectivity index (χ1v) is 6.03. The smallest absolute Gasteiger partial charge is 0.245 e. The summed E-state index contributed by atoms with van der Waals surface area (Å²) in [5, 5.41) is 0. The van der Waals surface area contributed by atoms with Crippen LogP contribution in [0.2, 0.25) is 0 Å². The maximum Gasteiger partial charge on any atom is 0.245 e. The normalized spacial score (nSPS) is 18.2. The number of fused-ring (bicyclic) bond motifs is 1. The highest BCUT2D eigenvalue weighted by atomic mass is 16.6. The van der Waals surface area contributed by atoms with Gasteiger partial charge in [-0.25, -0.2) is 0 Å². The summed E-state index contributed by atoms with van der Waals surface area (Å²) >= 11 is 0. The highest BCUT2D eigenvalue weighted by Crippen LogP contribution is 2.32. The van der Waals surface area contributed by atoms with Crippen molar-refractivity contribution >= 4 is 5.91 Å². The number of rotatable bonds is 5. The quantitative estimate of drug-likeness (QED) is 0.767. The molecule has 98 valence electrons. The lowest BCUT2D eigenvalue weighted by Gasteiger charge is -2.26. The molecule has 0 aromatic heterocycles. The van der Waals surface area contributed by atoms with Crippen LogP contribution in [0.1, 0.15) is 30.0 Å². The van der Waals surface area contributed by atoms with Gasteiger partial charge in [0.05, 0.1) is 13.2 Å². The van der Waals surface area contributed by atoms with E-state index in [1.54, 1.807) is 7.11 Å². The van der Waals surface area contributed by atoms with Crippen LogP contribution in [0, 0.1) is 0 Å². The molecular weight excluding hydrogens is 232 g/mol. The van der Waals surface area contributed by atoms with Gasteiger partial charge in [-0.1, -0.05) is 6.07 Å². The average molecular weight is 250 g/mol. The molecule has 0 spiro atoms. The Morgan fingerprint density at radius 1 is 1.56 bits per heavy atom. The molecule has 0 saturated heterocycles. The fourth-order valence-electron chi connectivity index (χ4n) is 2.24. The van der Waals surface area contributed by atoms with Crippen molar-refractivity contribution < 1.29 is 14.4 Å². The van der Waals surface area contributed by atoms with Crippen molar-refractivity contribution in [2.45, 2.75) is 25.3 Å². The van der Waals surface area contributed by atoms with E-state index < -0.39 is 5.91 Å². The number of hydroxylamine groups is 1. The fraction of sp³-hybridized carbons (Fsp3) is 0.462. The summed E-state index contributed by atoms with van der Waals surface area (Å²) in [5.41, 5.74) is 10.4. The van der Waals surface area contributed by atoms with Gasteiger partial charge in [0.15, 0.2) is 0 Å². The fourth-order valence-corrected chi connectivity index (χ4v) is 2.24. The Hall–Kier alpha value is -1.59. The molecule has 5 heteroatoms. The highest BCUT2D eigenvalue weighted by molar-refractivity contribution is 5.74. The second-order valence-corrected chi connectivity index (χ2v) is 4.38. The number of nitrogens with two attached hydrogens (primary N) is 1. The first kappa shape index (κ1) is 12.9. The van der Waals surface area contributed by atoms with E-state index in [2.05, 4.69) is 11.5 Å². The van der Waals surface area contributed by atoms with Gasteiger partial charge in [-0.15, -0.1) is 0 Å². The van der Waals surface area contributed by atoms with Crippen molar-refractivity contribution in [1.82, 2.24) is 5.48 Å². The van der Waals surface area contributed by atoms with E-state index in [9.17, 15) is 4.79 Å². The predicted molar refractivity (Wildman–Crippen MR) is 67.0 cm³/mol. The van der Waals surface area contributed by atoms with Crippen LogP contribution in [0.25, 0.3) is 0 Å². The second-order valence-electron chi connectivity index (χ2n) is 4.38. The molecule has 3 N–H and O–H groups in total. The number of hydrogen-bond acceptors (Lipinski definition) is 4. The number of amides is 1. The third-order valence-corrected chi connectivity index (χ3v) is 3.11. The number of ether oxygens (including phenoxy) is 1. The van der Waals surface area contributed by atoms with Gasteiger partial charge in [-0.2, -0.15) is 5.48 Å². The Morgan fingerprint density at radius 3 is 3.11 bits per heavy atom. The molecule has 1 unspecified atom stereocenters. The summed E-state index contributed by atoms with van der Waals surface area (Å²) in [7, 11) is 1.65. The molecule has 0 bridgehead atoms. The van der Waals surface area contributed by atoms with Crippen LogP contribution >= 0.6 is 0 Å². The molecular formula is C13H18N2O3. The van der Waals surface area contributed by atoms with Gasteiger partial charge >= 0.3 is 0 Å². The van der Waals surface area contributed by atoms with Crippen molar-refractivity contribution in [3.8, 4) is 5.75 Å². The van der Waals surface area contributed by atoms with Crippen LogP contribution in [0.3, 0.4) is 0 Å². The molecule has 1 aliphatic rings. The van der Waals surface area contributed by atoms with E-state index in [-0.39, 0.29) is 12.6 Å². The maximum absolute atomic E-state index is 10.6. The van der Waals surface area contributed by atoms with Crippen LogP contribution in [0.5, 0.6) is 5.75 Å². The number of nitrogens with one attached hydrogen (secondary N) is 1. The summed E-state index contributed by atoms with van der Waals surface area (Å²) in [6.07, 6.45) is 3.13. The van der Waals surface area contributed by atoms with Crippen LogP contribution in [0.4, 0.5) is 0 Å². The van der Waals surface area contributed by atoms with E-state index in [0.717, 1.165) is 25.0 Å². The zero-order valence-electron chi connectivity index (χ0n) is 10.4. The number of carbonyl (C=O) groups is 1. The molecule has 1 atom stereocenters. The lowest BCUT2D eigenvalue weighted by molar-refractivity contribution is -0.126. The Kier molecular flexibility index (Phi) is 4.17. The van der Waals surface area contributed by atoms with Gasteiger partial charge < -0.3 is 10.5 Å². The molecule has 0 saturated carbocycles. The minimum Gasteiger partial charge on any atom is -0.497 e. The number of benzene rings is 1. The van der Waals surface area contributed by atoms with Crippen molar-refractivity contribution in [1.29, 1.82) is 0 Å². The predicted octanol–water partition coefficient (Wildman–Crippen LogP) is 1.08.